The summed E-state index contributed by atoms with van der Waals surface area (Å²) in [6, 6.07) is 3.50. The molecule has 0 aliphatic heterocycles. The number of nitrogens with one attached hydrogen (secondary N) is 1. The lowest BCUT2D eigenvalue weighted by Gasteiger charge is -2.20. The Labute approximate surface area is 139 Å². The van der Waals surface area contributed by atoms with Crippen LogP contribution in [0.4, 0.5) is 4.79 Å². The second-order valence-corrected chi connectivity index (χ2v) is 5.32. The van der Waals surface area contributed by atoms with Gasteiger partial charge in [0.25, 0.3) is 0 Å². The van der Waals surface area contributed by atoms with Gasteiger partial charge in [-0.05, 0) is 37.9 Å². The van der Waals surface area contributed by atoms with Crippen molar-refractivity contribution in [3.63, 3.8) is 0 Å². The number of aromatic nitrogens is 1. The van der Waals surface area contributed by atoms with Gasteiger partial charge in [0.15, 0.2) is 0 Å². The SMILES string of the molecule is NC(=O)NC(CCCCN(CC(=O)O)Cc1ccccn1)C(=O)O. The Morgan fingerprint density at radius 2 is 2.00 bits per heavy atom. The number of unbranched alkanes of at least 4 members (excludes halogenated alkanes) is 1. The molecule has 0 radical (unpaired) electrons. The summed E-state index contributed by atoms with van der Waals surface area (Å²) in [6.45, 7) is 0.749. The van der Waals surface area contributed by atoms with Gasteiger partial charge in [0, 0.05) is 12.7 Å². The molecule has 0 aromatic carbocycles. The van der Waals surface area contributed by atoms with Gasteiger partial charge in [-0.2, -0.15) is 0 Å². The van der Waals surface area contributed by atoms with E-state index in [-0.39, 0.29) is 13.0 Å². The lowest BCUT2D eigenvalue weighted by molar-refractivity contribution is -0.139. The standard InChI is InChI=1S/C15H22N4O5/c16-15(24)18-12(14(22)23)6-2-4-8-19(10-13(20)21)9-11-5-1-3-7-17-11/h1,3,5,7,12H,2,4,6,8-10H2,(H,20,21)(H,22,23)(H3,16,18,24). The number of carboxylic acid groups (broad SMARTS) is 2. The van der Waals surface area contributed by atoms with Gasteiger partial charge in [-0.1, -0.05) is 6.07 Å². The van der Waals surface area contributed by atoms with Crippen LogP contribution in [0.15, 0.2) is 24.4 Å². The average Bonchev–Trinajstić information content (AvgIpc) is 2.50. The number of primary amides is 1. The Morgan fingerprint density at radius 3 is 2.54 bits per heavy atom. The van der Waals surface area contributed by atoms with Crippen LogP contribution in [0, 0.1) is 0 Å². The molecule has 1 aromatic rings. The van der Waals surface area contributed by atoms with E-state index in [1.54, 1.807) is 17.2 Å². The molecule has 0 bridgehead atoms. The highest BCUT2D eigenvalue weighted by Crippen LogP contribution is 2.06. The maximum Gasteiger partial charge on any atom is 0.326 e. The Bertz CT molecular complexity index is 552. The first-order valence-corrected chi connectivity index (χ1v) is 7.51. The van der Waals surface area contributed by atoms with E-state index in [4.69, 9.17) is 15.9 Å². The minimum atomic E-state index is -1.15. The van der Waals surface area contributed by atoms with Gasteiger partial charge in [0.05, 0.1) is 12.2 Å². The first kappa shape index (κ1) is 19.4. The second kappa shape index (κ2) is 10.2. The molecule has 2 amide bonds. The minimum absolute atomic E-state index is 0.127. The summed E-state index contributed by atoms with van der Waals surface area (Å²) in [4.78, 5) is 38.6. The number of hydrogen-bond donors (Lipinski definition) is 4. The summed E-state index contributed by atoms with van der Waals surface area (Å²) in [5.74, 6) is -2.09. The van der Waals surface area contributed by atoms with E-state index in [1.165, 1.54) is 0 Å². The van der Waals surface area contributed by atoms with Crippen molar-refractivity contribution in [2.24, 2.45) is 5.73 Å². The van der Waals surface area contributed by atoms with E-state index in [0.717, 1.165) is 5.69 Å². The van der Waals surface area contributed by atoms with Crippen LogP contribution < -0.4 is 11.1 Å². The number of aliphatic carboxylic acids is 2. The van der Waals surface area contributed by atoms with Gasteiger partial charge in [-0.15, -0.1) is 0 Å². The molecular formula is C15H22N4O5. The number of nitrogens with two attached hydrogens (primary N) is 1. The first-order valence-electron chi connectivity index (χ1n) is 7.51. The van der Waals surface area contributed by atoms with Crippen LogP contribution >= 0.6 is 0 Å². The van der Waals surface area contributed by atoms with Crippen LogP contribution in [0.2, 0.25) is 0 Å². The molecule has 0 spiro atoms. The smallest absolute Gasteiger partial charge is 0.326 e. The number of carboxylic acids is 2. The third-order valence-electron chi connectivity index (χ3n) is 3.30. The quantitative estimate of drug-likeness (QED) is 0.423. The normalized spacial score (nSPS) is 11.9. The summed E-state index contributed by atoms with van der Waals surface area (Å²) in [6.07, 6.45) is 2.96. The molecule has 1 rings (SSSR count). The molecule has 0 aliphatic rings. The number of amides is 2. The summed E-state index contributed by atoms with van der Waals surface area (Å²) in [7, 11) is 0. The highest BCUT2D eigenvalue weighted by Gasteiger charge is 2.18. The molecule has 1 unspecified atom stereocenters. The van der Waals surface area contributed by atoms with E-state index in [2.05, 4.69) is 10.3 Å². The summed E-state index contributed by atoms with van der Waals surface area (Å²) >= 11 is 0. The second-order valence-electron chi connectivity index (χ2n) is 5.32. The van der Waals surface area contributed by atoms with Gasteiger partial charge in [0.1, 0.15) is 6.04 Å². The Morgan fingerprint density at radius 1 is 1.25 bits per heavy atom. The van der Waals surface area contributed by atoms with Gasteiger partial charge < -0.3 is 21.3 Å². The average molecular weight is 338 g/mol. The number of carbonyl (C=O) groups is 3. The topological polar surface area (TPSA) is 146 Å². The number of hydrogen-bond acceptors (Lipinski definition) is 5. The zero-order chi connectivity index (χ0) is 17.9. The lowest BCUT2D eigenvalue weighted by atomic mass is 10.1. The van der Waals surface area contributed by atoms with Crippen LogP contribution in [-0.2, 0) is 16.1 Å². The Balaban J connectivity index is 2.45. The van der Waals surface area contributed by atoms with E-state index < -0.39 is 24.0 Å². The zero-order valence-electron chi connectivity index (χ0n) is 13.2. The molecule has 5 N–H and O–H groups in total. The van der Waals surface area contributed by atoms with Crippen LogP contribution in [0.1, 0.15) is 25.0 Å². The monoisotopic (exact) mass is 338 g/mol. The Hall–Kier alpha value is -2.68. The predicted molar refractivity (Wildman–Crippen MR) is 85.1 cm³/mol. The number of nitrogens with zero attached hydrogens (tertiary/aromatic N) is 2. The van der Waals surface area contributed by atoms with Gasteiger partial charge in [0.2, 0.25) is 0 Å². The number of rotatable bonds is 11. The van der Waals surface area contributed by atoms with Crippen molar-refractivity contribution in [3.05, 3.63) is 30.1 Å². The molecular weight excluding hydrogens is 316 g/mol. The fourth-order valence-corrected chi connectivity index (χ4v) is 2.24. The van der Waals surface area contributed by atoms with Crippen molar-refractivity contribution in [2.45, 2.75) is 31.8 Å². The third-order valence-corrected chi connectivity index (χ3v) is 3.30. The summed E-state index contributed by atoms with van der Waals surface area (Å²) in [5.41, 5.74) is 5.69. The van der Waals surface area contributed by atoms with E-state index >= 15 is 0 Å². The van der Waals surface area contributed by atoms with E-state index in [0.29, 0.717) is 25.9 Å². The highest BCUT2D eigenvalue weighted by atomic mass is 16.4. The van der Waals surface area contributed by atoms with Crippen LogP contribution in [-0.4, -0.2) is 57.2 Å². The molecule has 1 atom stereocenters. The summed E-state index contributed by atoms with van der Waals surface area (Å²) in [5, 5.41) is 20.1. The molecule has 9 heteroatoms. The van der Waals surface area contributed by atoms with Gasteiger partial charge >= 0.3 is 18.0 Å². The predicted octanol–water partition coefficient (Wildman–Crippen LogP) is 0.260. The van der Waals surface area contributed by atoms with E-state index in [9.17, 15) is 14.4 Å². The zero-order valence-corrected chi connectivity index (χ0v) is 13.2. The first-order chi connectivity index (χ1) is 11.4. The largest absolute Gasteiger partial charge is 0.480 e. The molecule has 1 heterocycles. The van der Waals surface area contributed by atoms with Crippen molar-refractivity contribution < 1.29 is 24.6 Å². The fourth-order valence-electron chi connectivity index (χ4n) is 2.24. The van der Waals surface area contributed by atoms with Crippen molar-refractivity contribution in [1.82, 2.24) is 15.2 Å². The van der Waals surface area contributed by atoms with Gasteiger partial charge in [-0.25, -0.2) is 9.59 Å². The van der Waals surface area contributed by atoms with Gasteiger partial charge in [-0.3, -0.25) is 14.7 Å². The minimum Gasteiger partial charge on any atom is -0.480 e. The molecule has 0 saturated carbocycles. The fraction of sp³-hybridized carbons (Fsp3) is 0.467. The maximum absolute atomic E-state index is 11.0. The van der Waals surface area contributed by atoms with Crippen LogP contribution in [0.5, 0.6) is 0 Å². The third kappa shape index (κ3) is 8.08. The van der Waals surface area contributed by atoms with Crippen LogP contribution in [0.3, 0.4) is 0 Å². The molecule has 0 saturated heterocycles. The van der Waals surface area contributed by atoms with Crippen LogP contribution in [0.25, 0.3) is 0 Å². The molecule has 0 fully saturated rings. The number of urea groups is 1. The summed E-state index contributed by atoms with van der Waals surface area (Å²) < 4.78 is 0. The molecule has 1 aromatic heterocycles. The molecule has 24 heavy (non-hydrogen) atoms. The highest BCUT2D eigenvalue weighted by molar-refractivity contribution is 5.81. The van der Waals surface area contributed by atoms with Crippen molar-refractivity contribution in [2.75, 3.05) is 13.1 Å². The molecule has 9 nitrogen and oxygen atoms in total. The maximum atomic E-state index is 11.0. The van der Waals surface area contributed by atoms with Crippen molar-refractivity contribution in [1.29, 1.82) is 0 Å². The lowest BCUT2D eigenvalue weighted by Crippen LogP contribution is -2.43. The number of pyridine rings is 1. The molecule has 132 valence electrons. The number of carbonyl (C=O) groups excluding carboxylic acids is 1. The van der Waals surface area contributed by atoms with Crippen molar-refractivity contribution in [3.8, 4) is 0 Å². The molecule has 0 aliphatic carbocycles. The van der Waals surface area contributed by atoms with E-state index in [1.807, 2.05) is 12.1 Å². The van der Waals surface area contributed by atoms with Crippen molar-refractivity contribution >= 4 is 18.0 Å². The Kier molecular flexibility index (Phi) is 8.20.